The summed E-state index contributed by atoms with van der Waals surface area (Å²) in [5.41, 5.74) is 2.53. The van der Waals surface area contributed by atoms with Crippen LogP contribution in [0.25, 0.3) is 0 Å². The van der Waals surface area contributed by atoms with Crippen molar-refractivity contribution in [3.05, 3.63) is 53.6 Å². The Morgan fingerprint density at radius 1 is 1.40 bits per heavy atom. The van der Waals surface area contributed by atoms with Crippen LogP contribution in [0.5, 0.6) is 0 Å². The summed E-state index contributed by atoms with van der Waals surface area (Å²) in [6, 6.07) is 8.30. The maximum absolute atomic E-state index is 12.3. The smallest absolute Gasteiger partial charge is 0.227 e. The van der Waals surface area contributed by atoms with Gasteiger partial charge in [-0.3, -0.25) is 4.79 Å². The lowest BCUT2D eigenvalue weighted by molar-refractivity contribution is -0.122. The highest BCUT2D eigenvalue weighted by atomic mass is 16.1. The molecule has 1 atom stereocenters. The fourth-order valence-corrected chi connectivity index (χ4v) is 2.89. The number of aromatic amines is 1. The van der Waals surface area contributed by atoms with Crippen molar-refractivity contribution in [2.24, 2.45) is 0 Å². The van der Waals surface area contributed by atoms with Crippen LogP contribution in [-0.4, -0.2) is 22.4 Å². The Morgan fingerprint density at radius 3 is 3.15 bits per heavy atom. The third kappa shape index (κ3) is 2.74. The van der Waals surface area contributed by atoms with Gasteiger partial charge in [0.1, 0.15) is 5.82 Å². The van der Waals surface area contributed by atoms with E-state index >= 15 is 0 Å². The third-order valence-electron chi connectivity index (χ3n) is 3.90. The minimum Gasteiger partial charge on any atom is -0.355 e. The van der Waals surface area contributed by atoms with Gasteiger partial charge in [-0.1, -0.05) is 24.3 Å². The van der Waals surface area contributed by atoms with Gasteiger partial charge in [0.05, 0.1) is 5.92 Å². The lowest BCUT2D eigenvalue weighted by Gasteiger charge is -2.24. The number of nitrogens with one attached hydrogen (secondary N) is 2. The summed E-state index contributed by atoms with van der Waals surface area (Å²) in [6.07, 6.45) is 7.40. The molecule has 1 amide bonds. The van der Waals surface area contributed by atoms with E-state index in [-0.39, 0.29) is 11.8 Å². The first-order valence-electron chi connectivity index (χ1n) is 7.18. The summed E-state index contributed by atoms with van der Waals surface area (Å²) in [5.74, 6) is 1.06. The van der Waals surface area contributed by atoms with Crippen molar-refractivity contribution >= 4 is 5.91 Å². The number of H-pyrrole nitrogens is 1. The second kappa shape index (κ2) is 5.90. The molecular weight excluding hydrogens is 250 g/mol. The predicted molar refractivity (Wildman–Crippen MR) is 77.4 cm³/mol. The van der Waals surface area contributed by atoms with Crippen molar-refractivity contribution in [3.8, 4) is 0 Å². The molecule has 0 saturated carbocycles. The summed E-state index contributed by atoms with van der Waals surface area (Å²) in [5, 5.41) is 3.03. The van der Waals surface area contributed by atoms with Gasteiger partial charge < -0.3 is 10.3 Å². The van der Waals surface area contributed by atoms with Gasteiger partial charge in [-0.25, -0.2) is 4.98 Å². The second-order valence-corrected chi connectivity index (χ2v) is 5.22. The first-order chi connectivity index (χ1) is 9.84. The Bertz CT molecular complexity index is 577. The van der Waals surface area contributed by atoms with E-state index in [1.807, 2.05) is 6.07 Å². The third-order valence-corrected chi connectivity index (χ3v) is 3.90. The Morgan fingerprint density at radius 2 is 2.30 bits per heavy atom. The van der Waals surface area contributed by atoms with Crippen LogP contribution in [0.3, 0.4) is 0 Å². The fourth-order valence-electron chi connectivity index (χ4n) is 2.89. The van der Waals surface area contributed by atoms with Crippen molar-refractivity contribution in [2.75, 3.05) is 6.54 Å². The molecule has 0 fully saturated rings. The standard InChI is InChI=1S/C16H19N3O/c20-16(19-9-8-15-17-10-11-18-15)14-7-3-5-12-4-1-2-6-13(12)14/h1-2,4,6,10-11,14H,3,5,7-9H2,(H,17,18)(H,19,20). The Labute approximate surface area is 118 Å². The van der Waals surface area contributed by atoms with Gasteiger partial charge in [0.25, 0.3) is 0 Å². The minimum absolute atomic E-state index is 0.0107. The first kappa shape index (κ1) is 12.9. The number of fused-ring (bicyclic) bond motifs is 1. The Kier molecular flexibility index (Phi) is 3.81. The molecule has 1 heterocycles. The van der Waals surface area contributed by atoms with Crippen molar-refractivity contribution in [2.45, 2.75) is 31.6 Å². The normalized spacial score (nSPS) is 17.5. The Balaban J connectivity index is 1.60. The average molecular weight is 269 g/mol. The maximum atomic E-state index is 12.3. The van der Waals surface area contributed by atoms with E-state index in [0.717, 1.165) is 31.5 Å². The van der Waals surface area contributed by atoms with E-state index < -0.39 is 0 Å². The molecule has 0 saturated heterocycles. The first-order valence-corrected chi connectivity index (χ1v) is 7.18. The summed E-state index contributed by atoms with van der Waals surface area (Å²) in [7, 11) is 0. The van der Waals surface area contributed by atoms with Gasteiger partial charge >= 0.3 is 0 Å². The fraction of sp³-hybridized carbons (Fsp3) is 0.375. The van der Waals surface area contributed by atoms with E-state index in [1.165, 1.54) is 11.1 Å². The van der Waals surface area contributed by atoms with Crippen LogP contribution in [-0.2, 0) is 17.6 Å². The van der Waals surface area contributed by atoms with E-state index in [2.05, 4.69) is 33.5 Å². The molecule has 2 aromatic rings. The van der Waals surface area contributed by atoms with Gasteiger partial charge in [-0.15, -0.1) is 0 Å². The quantitative estimate of drug-likeness (QED) is 0.894. The molecule has 0 aliphatic heterocycles. The highest BCUT2D eigenvalue weighted by Crippen LogP contribution is 2.31. The van der Waals surface area contributed by atoms with Crippen molar-refractivity contribution in [1.82, 2.24) is 15.3 Å². The molecule has 2 N–H and O–H groups in total. The number of rotatable bonds is 4. The zero-order chi connectivity index (χ0) is 13.8. The van der Waals surface area contributed by atoms with Gasteiger partial charge in [0.2, 0.25) is 5.91 Å². The molecule has 0 radical (unpaired) electrons. The molecule has 1 aliphatic carbocycles. The SMILES string of the molecule is O=C(NCCc1ncc[nH]1)C1CCCc2ccccc21. The number of nitrogens with zero attached hydrogens (tertiary/aromatic N) is 1. The second-order valence-electron chi connectivity index (χ2n) is 5.22. The highest BCUT2D eigenvalue weighted by molar-refractivity contribution is 5.84. The van der Waals surface area contributed by atoms with Crippen LogP contribution in [0.4, 0.5) is 0 Å². The number of carbonyl (C=O) groups excluding carboxylic acids is 1. The van der Waals surface area contributed by atoms with Crippen LogP contribution < -0.4 is 5.32 Å². The molecule has 3 rings (SSSR count). The molecule has 104 valence electrons. The van der Waals surface area contributed by atoms with Crippen LogP contribution in [0.1, 0.15) is 35.7 Å². The van der Waals surface area contributed by atoms with Crippen molar-refractivity contribution in [1.29, 1.82) is 0 Å². The van der Waals surface area contributed by atoms with E-state index in [9.17, 15) is 4.79 Å². The molecule has 1 aliphatic rings. The predicted octanol–water partition coefficient (Wildman–Crippen LogP) is 2.19. The van der Waals surface area contributed by atoms with E-state index in [4.69, 9.17) is 0 Å². The molecule has 1 aromatic heterocycles. The molecular formula is C16H19N3O. The van der Waals surface area contributed by atoms with Crippen molar-refractivity contribution in [3.63, 3.8) is 0 Å². The molecule has 0 spiro atoms. The minimum atomic E-state index is 0.0107. The van der Waals surface area contributed by atoms with Gasteiger partial charge in [0.15, 0.2) is 0 Å². The van der Waals surface area contributed by atoms with Crippen molar-refractivity contribution < 1.29 is 4.79 Å². The number of hydrogen-bond donors (Lipinski definition) is 2. The van der Waals surface area contributed by atoms with Gasteiger partial charge in [-0.2, -0.15) is 0 Å². The number of benzene rings is 1. The number of aryl methyl sites for hydroxylation is 1. The zero-order valence-electron chi connectivity index (χ0n) is 11.4. The van der Waals surface area contributed by atoms with E-state index in [0.29, 0.717) is 6.54 Å². The summed E-state index contributed by atoms with van der Waals surface area (Å²) in [6.45, 7) is 0.630. The summed E-state index contributed by atoms with van der Waals surface area (Å²) < 4.78 is 0. The van der Waals surface area contributed by atoms with Crippen LogP contribution in [0, 0.1) is 0 Å². The number of amides is 1. The lowest BCUT2D eigenvalue weighted by atomic mass is 9.82. The number of hydrogen-bond acceptors (Lipinski definition) is 2. The monoisotopic (exact) mass is 269 g/mol. The molecule has 20 heavy (non-hydrogen) atoms. The number of aromatic nitrogens is 2. The maximum Gasteiger partial charge on any atom is 0.227 e. The molecule has 1 unspecified atom stereocenters. The van der Waals surface area contributed by atoms with Gasteiger partial charge in [0, 0.05) is 25.4 Å². The topological polar surface area (TPSA) is 57.8 Å². The lowest BCUT2D eigenvalue weighted by Crippen LogP contribution is -2.32. The number of imidazole rings is 1. The van der Waals surface area contributed by atoms with Crippen LogP contribution >= 0.6 is 0 Å². The summed E-state index contributed by atoms with van der Waals surface area (Å²) >= 11 is 0. The highest BCUT2D eigenvalue weighted by Gasteiger charge is 2.25. The van der Waals surface area contributed by atoms with Crippen LogP contribution in [0.15, 0.2) is 36.7 Å². The molecule has 0 bridgehead atoms. The molecule has 4 nitrogen and oxygen atoms in total. The number of carbonyl (C=O) groups is 1. The van der Waals surface area contributed by atoms with Gasteiger partial charge in [-0.05, 0) is 30.4 Å². The largest absolute Gasteiger partial charge is 0.355 e. The van der Waals surface area contributed by atoms with E-state index in [1.54, 1.807) is 12.4 Å². The molecule has 4 heteroatoms. The molecule has 1 aromatic carbocycles. The average Bonchev–Trinajstić information content (AvgIpc) is 3.00. The Hall–Kier alpha value is -2.10. The zero-order valence-corrected chi connectivity index (χ0v) is 11.4. The van der Waals surface area contributed by atoms with Crippen LogP contribution in [0.2, 0.25) is 0 Å². The summed E-state index contributed by atoms with van der Waals surface area (Å²) in [4.78, 5) is 19.5.